The minimum Gasteiger partial charge on any atom is -0.338 e. The van der Waals surface area contributed by atoms with Crippen LogP contribution in [0.2, 0.25) is 0 Å². The summed E-state index contributed by atoms with van der Waals surface area (Å²) >= 11 is 0. The highest BCUT2D eigenvalue weighted by atomic mass is 19.1. The van der Waals surface area contributed by atoms with E-state index in [0.29, 0.717) is 19.5 Å². The molecule has 4 rings (SSSR count). The Balaban J connectivity index is 1.41. The van der Waals surface area contributed by atoms with E-state index < -0.39 is 0 Å². The van der Waals surface area contributed by atoms with Gasteiger partial charge in [-0.15, -0.1) is 0 Å². The largest absolute Gasteiger partial charge is 0.338 e. The molecule has 3 aromatic rings. The van der Waals surface area contributed by atoms with Crippen LogP contribution in [0.25, 0.3) is 11.0 Å². The van der Waals surface area contributed by atoms with Gasteiger partial charge in [0.1, 0.15) is 5.82 Å². The Hall–Kier alpha value is -2.69. The number of benzene rings is 2. The quantitative estimate of drug-likeness (QED) is 0.746. The van der Waals surface area contributed by atoms with Crippen LogP contribution in [-0.2, 0) is 11.2 Å². The van der Waals surface area contributed by atoms with Crippen molar-refractivity contribution in [3.8, 4) is 0 Å². The number of fused-ring (bicyclic) bond motifs is 1. The number of nitrogens with zero attached hydrogens (tertiary/aromatic N) is 3. The fourth-order valence-corrected chi connectivity index (χ4v) is 2.99. The fraction of sp³-hybridized carbons (Fsp3) is 0.222. The zero-order valence-corrected chi connectivity index (χ0v) is 12.5. The third kappa shape index (κ3) is 2.59. The lowest BCUT2D eigenvalue weighted by molar-refractivity contribution is -0.136. The van der Waals surface area contributed by atoms with Crippen molar-refractivity contribution < 1.29 is 9.18 Å². The number of rotatable bonds is 3. The monoisotopic (exact) mass is 309 g/mol. The summed E-state index contributed by atoms with van der Waals surface area (Å²) in [4.78, 5) is 18.5. The van der Waals surface area contributed by atoms with Crippen molar-refractivity contribution in [3.63, 3.8) is 0 Å². The molecule has 1 amide bonds. The first-order valence-corrected chi connectivity index (χ1v) is 7.64. The average Bonchev–Trinajstić information content (AvgIpc) is 2.92. The van der Waals surface area contributed by atoms with Gasteiger partial charge in [-0.2, -0.15) is 0 Å². The van der Waals surface area contributed by atoms with Gasteiger partial charge in [0.2, 0.25) is 5.91 Å². The second-order valence-electron chi connectivity index (χ2n) is 5.90. The molecule has 0 atom stereocenters. The molecule has 1 saturated heterocycles. The predicted octanol–water partition coefficient (Wildman–Crippen LogP) is 2.80. The third-order valence-corrected chi connectivity index (χ3v) is 4.36. The van der Waals surface area contributed by atoms with Crippen molar-refractivity contribution in [2.24, 2.45) is 0 Å². The summed E-state index contributed by atoms with van der Waals surface area (Å²) in [5, 5.41) is 0. The van der Waals surface area contributed by atoms with E-state index in [0.717, 1.165) is 16.6 Å². The van der Waals surface area contributed by atoms with Crippen LogP contribution < -0.4 is 0 Å². The van der Waals surface area contributed by atoms with Crippen molar-refractivity contribution in [2.45, 2.75) is 12.5 Å². The van der Waals surface area contributed by atoms with E-state index in [2.05, 4.69) is 9.55 Å². The Morgan fingerprint density at radius 3 is 2.65 bits per heavy atom. The summed E-state index contributed by atoms with van der Waals surface area (Å²) in [6, 6.07) is 14.4. The minimum absolute atomic E-state index is 0.0808. The molecule has 0 radical (unpaired) electrons. The molecule has 1 fully saturated rings. The summed E-state index contributed by atoms with van der Waals surface area (Å²) in [5.74, 6) is -0.200. The van der Waals surface area contributed by atoms with Crippen molar-refractivity contribution in [1.29, 1.82) is 0 Å². The van der Waals surface area contributed by atoms with E-state index in [-0.39, 0.29) is 17.8 Å². The zero-order chi connectivity index (χ0) is 15.8. The lowest BCUT2D eigenvalue weighted by Crippen LogP contribution is -2.51. The number of imidazole rings is 1. The van der Waals surface area contributed by atoms with Gasteiger partial charge < -0.3 is 9.47 Å². The lowest BCUT2D eigenvalue weighted by atomic mass is 10.1. The van der Waals surface area contributed by atoms with Gasteiger partial charge in [0.25, 0.3) is 0 Å². The first-order chi connectivity index (χ1) is 11.2. The summed E-state index contributed by atoms with van der Waals surface area (Å²) in [5.41, 5.74) is 2.92. The Morgan fingerprint density at radius 1 is 1.13 bits per heavy atom. The number of hydrogen-bond donors (Lipinski definition) is 0. The van der Waals surface area contributed by atoms with E-state index in [9.17, 15) is 9.18 Å². The molecule has 0 unspecified atom stereocenters. The Labute approximate surface area is 133 Å². The molecule has 1 aliphatic heterocycles. The second-order valence-corrected chi connectivity index (χ2v) is 5.90. The van der Waals surface area contributed by atoms with Gasteiger partial charge in [0.05, 0.1) is 29.8 Å². The van der Waals surface area contributed by atoms with Gasteiger partial charge in [0, 0.05) is 13.1 Å². The normalized spacial score (nSPS) is 14.9. The lowest BCUT2D eigenvalue weighted by Gasteiger charge is -2.40. The molecule has 4 nitrogen and oxygen atoms in total. The number of halogens is 1. The third-order valence-electron chi connectivity index (χ3n) is 4.36. The molecule has 2 heterocycles. The topological polar surface area (TPSA) is 38.1 Å². The smallest absolute Gasteiger partial charge is 0.227 e. The maximum Gasteiger partial charge on any atom is 0.227 e. The minimum atomic E-state index is -0.280. The molecule has 1 aromatic heterocycles. The highest BCUT2D eigenvalue weighted by Gasteiger charge is 2.32. The van der Waals surface area contributed by atoms with Crippen molar-refractivity contribution in [3.05, 3.63) is 66.2 Å². The van der Waals surface area contributed by atoms with Gasteiger partial charge in [-0.3, -0.25) is 4.79 Å². The van der Waals surface area contributed by atoms with Crippen LogP contribution in [0.3, 0.4) is 0 Å². The summed E-state index contributed by atoms with van der Waals surface area (Å²) in [7, 11) is 0. The predicted molar refractivity (Wildman–Crippen MR) is 85.5 cm³/mol. The molecule has 0 aliphatic carbocycles. The highest BCUT2D eigenvalue weighted by Crippen LogP contribution is 2.26. The molecule has 0 spiro atoms. The number of carbonyl (C=O) groups excluding carboxylic acids is 1. The summed E-state index contributed by atoms with van der Waals surface area (Å²) in [6.45, 7) is 1.39. The van der Waals surface area contributed by atoms with E-state index in [1.165, 1.54) is 12.1 Å². The number of carbonyl (C=O) groups is 1. The van der Waals surface area contributed by atoms with Gasteiger partial charge in [-0.25, -0.2) is 9.37 Å². The fourth-order valence-electron chi connectivity index (χ4n) is 2.99. The van der Waals surface area contributed by atoms with Crippen LogP contribution in [0, 0.1) is 5.82 Å². The van der Waals surface area contributed by atoms with E-state index in [4.69, 9.17) is 0 Å². The SMILES string of the molecule is O=C(Cc1ccc(F)cc1)N1CC(n2cnc3ccccc32)C1. The van der Waals surface area contributed by atoms with Gasteiger partial charge in [0.15, 0.2) is 0 Å². The van der Waals surface area contributed by atoms with Crippen LogP contribution in [0.4, 0.5) is 4.39 Å². The van der Waals surface area contributed by atoms with Crippen LogP contribution in [0.15, 0.2) is 54.9 Å². The molecule has 2 aromatic carbocycles. The standard InChI is InChI=1S/C18H16FN3O/c19-14-7-5-13(6-8-14)9-18(23)21-10-15(11-21)22-12-20-16-3-1-2-4-17(16)22/h1-8,12,15H,9-11H2. The summed E-state index contributed by atoms with van der Waals surface area (Å²) in [6.07, 6.45) is 2.16. The summed E-state index contributed by atoms with van der Waals surface area (Å²) < 4.78 is 15.0. The van der Waals surface area contributed by atoms with Crippen LogP contribution >= 0.6 is 0 Å². The van der Waals surface area contributed by atoms with Crippen LogP contribution in [0.5, 0.6) is 0 Å². The second kappa shape index (κ2) is 5.50. The Bertz CT molecular complexity index is 850. The zero-order valence-electron chi connectivity index (χ0n) is 12.5. The first kappa shape index (κ1) is 13.9. The number of likely N-dealkylation sites (tertiary alicyclic amines) is 1. The maximum atomic E-state index is 12.9. The van der Waals surface area contributed by atoms with Crippen LogP contribution in [-0.4, -0.2) is 33.4 Å². The van der Waals surface area contributed by atoms with E-state index in [1.54, 1.807) is 12.1 Å². The molecule has 1 aliphatic rings. The molecular weight excluding hydrogens is 293 g/mol. The highest BCUT2D eigenvalue weighted by molar-refractivity contribution is 5.80. The molecule has 0 saturated carbocycles. The van der Waals surface area contributed by atoms with Crippen molar-refractivity contribution in [1.82, 2.24) is 14.5 Å². The van der Waals surface area contributed by atoms with E-state index in [1.807, 2.05) is 35.5 Å². The molecule has 0 bridgehead atoms. The van der Waals surface area contributed by atoms with Gasteiger partial charge in [-0.1, -0.05) is 24.3 Å². The van der Waals surface area contributed by atoms with Crippen molar-refractivity contribution >= 4 is 16.9 Å². The number of hydrogen-bond acceptors (Lipinski definition) is 2. The molecule has 23 heavy (non-hydrogen) atoms. The van der Waals surface area contributed by atoms with Crippen molar-refractivity contribution in [2.75, 3.05) is 13.1 Å². The number of amides is 1. The van der Waals surface area contributed by atoms with Gasteiger partial charge in [-0.05, 0) is 29.8 Å². The Morgan fingerprint density at radius 2 is 1.87 bits per heavy atom. The van der Waals surface area contributed by atoms with Gasteiger partial charge >= 0.3 is 0 Å². The molecule has 0 N–H and O–H groups in total. The number of aromatic nitrogens is 2. The molecule has 116 valence electrons. The average molecular weight is 309 g/mol. The number of para-hydroxylation sites is 2. The molecular formula is C18H16FN3O. The molecule has 5 heteroatoms. The first-order valence-electron chi connectivity index (χ1n) is 7.64. The maximum absolute atomic E-state index is 12.9. The Kier molecular flexibility index (Phi) is 3.33. The van der Waals surface area contributed by atoms with E-state index >= 15 is 0 Å². The van der Waals surface area contributed by atoms with Crippen LogP contribution in [0.1, 0.15) is 11.6 Å².